The number of fused-ring (bicyclic) bond motifs is 1. The number of hydrogen-bond donors (Lipinski definition) is 1. The van der Waals surface area contributed by atoms with Crippen LogP contribution in [0.25, 0.3) is 16.0 Å². The molecule has 4 aromatic rings. The van der Waals surface area contributed by atoms with Gasteiger partial charge in [0.1, 0.15) is 17.3 Å². The molecule has 39 heavy (non-hydrogen) atoms. The fourth-order valence-electron chi connectivity index (χ4n) is 4.68. The van der Waals surface area contributed by atoms with Crippen molar-refractivity contribution in [2.45, 2.75) is 33.7 Å². The number of hydrogen-bond acceptors (Lipinski definition) is 7. The molecule has 0 saturated carbocycles. The third-order valence-corrected chi connectivity index (χ3v) is 7.63. The molecular weight excluding hydrogens is 512 g/mol. The van der Waals surface area contributed by atoms with Crippen molar-refractivity contribution in [2.75, 3.05) is 18.6 Å². The highest BCUT2D eigenvalue weighted by Crippen LogP contribution is 2.45. The number of ketones is 1. The predicted octanol–water partition coefficient (Wildman–Crippen LogP) is 6.58. The van der Waals surface area contributed by atoms with E-state index >= 15 is 0 Å². The summed E-state index contributed by atoms with van der Waals surface area (Å²) in [6, 6.07) is 17.5. The summed E-state index contributed by atoms with van der Waals surface area (Å²) >= 11 is 1.30. The Kier molecular flexibility index (Phi) is 7.14. The van der Waals surface area contributed by atoms with Gasteiger partial charge in [-0.2, -0.15) is 0 Å². The average Bonchev–Trinajstić information content (AvgIpc) is 3.44. The van der Waals surface area contributed by atoms with Crippen molar-refractivity contribution in [3.05, 3.63) is 88.5 Å². The van der Waals surface area contributed by atoms with Crippen LogP contribution in [0.4, 0.5) is 5.13 Å². The van der Waals surface area contributed by atoms with E-state index in [0.717, 1.165) is 15.8 Å². The molecule has 1 unspecified atom stereocenters. The van der Waals surface area contributed by atoms with Gasteiger partial charge in [0.15, 0.2) is 5.13 Å². The number of aromatic nitrogens is 1. The summed E-state index contributed by atoms with van der Waals surface area (Å²) in [5.41, 5.74) is 3.65. The Hall–Kier alpha value is -4.17. The largest absolute Gasteiger partial charge is 0.507 e. The maximum absolute atomic E-state index is 13.5. The van der Waals surface area contributed by atoms with Gasteiger partial charge in [0, 0.05) is 5.56 Å². The molecule has 1 aliphatic rings. The van der Waals surface area contributed by atoms with E-state index in [1.807, 2.05) is 50.2 Å². The number of nitrogens with zero attached hydrogens (tertiary/aromatic N) is 2. The molecule has 1 fully saturated rings. The minimum absolute atomic E-state index is 0.0256. The summed E-state index contributed by atoms with van der Waals surface area (Å²) in [5, 5.41) is 11.9. The number of methoxy groups -OCH3 is 1. The number of rotatable bonds is 7. The first-order valence-electron chi connectivity index (χ1n) is 12.7. The lowest BCUT2D eigenvalue weighted by Crippen LogP contribution is -2.29. The predicted molar refractivity (Wildman–Crippen MR) is 154 cm³/mol. The van der Waals surface area contributed by atoms with Gasteiger partial charge in [0.25, 0.3) is 5.78 Å². The van der Waals surface area contributed by atoms with Gasteiger partial charge in [-0.05, 0) is 67.3 Å². The van der Waals surface area contributed by atoms with E-state index in [1.165, 1.54) is 16.2 Å². The monoisotopic (exact) mass is 542 g/mol. The number of aryl methyl sites for hydroxylation is 2. The molecule has 1 amide bonds. The molecule has 8 heteroatoms. The molecule has 200 valence electrons. The van der Waals surface area contributed by atoms with Gasteiger partial charge in [-0.25, -0.2) is 4.98 Å². The highest BCUT2D eigenvalue weighted by molar-refractivity contribution is 7.22. The molecule has 0 aliphatic carbocycles. The van der Waals surface area contributed by atoms with E-state index in [-0.39, 0.29) is 11.3 Å². The number of amides is 1. The number of thiazole rings is 1. The Morgan fingerprint density at radius 3 is 2.56 bits per heavy atom. The first-order valence-corrected chi connectivity index (χ1v) is 13.6. The van der Waals surface area contributed by atoms with Crippen molar-refractivity contribution in [3.63, 3.8) is 0 Å². The van der Waals surface area contributed by atoms with Crippen molar-refractivity contribution in [1.82, 2.24) is 4.98 Å². The zero-order chi connectivity index (χ0) is 27.8. The molecule has 5 rings (SSSR count). The number of aliphatic hydroxyl groups excluding tert-OH is 1. The van der Waals surface area contributed by atoms with Gasteiger partial charge in [-0.1, -0.05) is 55.0 Å². The zero-order valence-corrected chi connectivity index (χ0v) is 23.3. The van der Waals surface area contributed by atoms with Crippen LogP contribution in [-0.4, -0.2) is 35.5 Å². The minimum atomic E-state index is -0.843. The maximum atomic E-state index is 13.5. The molecule has 1 aromatic heterocycles. The van der Waals surface area contributed by atoms with E-state index in [0.29, 0.717) is 45.8 Å². The van der Waals surface area contributed by atoms with Crippen molar-refractivity contribution in [2.24, 2.45) is 5.92 Å². The smallest absolute Gasteiger partial charge is 0.301 e. The van der Waals surface area contributed by atoms with E-state index in [1.54, 1.807) is 31.4 Å². The molecule has 0 bridgehead atoms. The molecule has 2 heterocycles. The standard InChI is InChI=1S/C31H30N2O5S/c1-17(2)16-38-24-12-9-21(14-19(24)4)28(34)26-27(20-8-6-7-18(3)13-20)33(30(36)29(26)35)31-32-23-11-10-22(37-5)15-25(23)39-31/h6-15,17,27,34H,16H2,1-5H3/b28-26+. The van der Waals surface area contributed by atoms with Gasteiger partial charge in [-0.15, -0.1) is 0 Å². The highest BCUT2D eigenvalue weighted by Gasteiger charge is 2.48. The lowest BCUT2D eigenvalue weighted by Gasteiger charge is -2.23. The quantitative estimate of drug-likeness (QED) is 0.161. The second-order valence-corrected chi connectivity index (χ2v) is 11.1. The number of carbonyl (C=O) groups excluding carboxylic acids is 2. The minimum Gasteiger partial charge on any atom is -0.507 e. The Bertz CT molecular complexity index is 1620. The van der Waals surface area contributed by atoms with E-state index in [4.69, 9.17) is 9.47 Å². The molecule has 1 N–H and O–H groups in total. The molecule has 3 aromatic carbocycles. The van der Waals surface area contributed by atoms with Crippen LogP contribution in [-0.2, 0) is 9.59 Å². The summed E-state index contributed by atoms with van der Waals surface area (Å²) in [6.45, 7) is 8.54. The molecule has 1 aliphatic heterocycles. The first-order chi connectivity index (χ1) is 18.7. The number of anilines is 1. The second kappa shape index (κ2) is 10.5. The maximum Gasteiger partial charge on any atom is 0.301 e. The fourth-order valence-corrected chi connectivity index (χ4v) is 5.70. The Morgan fingerprint density at radius 1 is 1.08 bits per heavy atom. The van der Waals surface area contributed by atoms with Gasteiger partial charge >= 0.3 is 5.91 Å². The number of Topliss-reactive ketones (excluding diaryl/α,β-unsaturated/α-hetero) is 1. The van der Waals surface area contributed by atoms with Crippen LogP contribution in [0.5, 0.6) is 11.5 Å². The van der Waals surface area contributed by atoms with Gasteiger partial charge in [0.05, 0.1) is 35.5 Å². The summed E-state index contributed by atoms with van der Waals surface area (Å²) in [5.74, 6) is 0.0263. The van der Waals surface area contributed by atoms with Gasteiger partial charge in [-0.3, -0.25) is 14.5 Å². The molecule has 0 radical (unpaired) electrons. The summed E-state index contributed by atoms with van der Waals surface area (Å²) in [7, 11) is 1.59. The van der Waals surface area contributed by atoms with Crippen molar-refractivity contribution in [3.8, 4) is 11.5 Å². The highest BCUT2D eigenvalue weighted by atomic mass is 32.1. The lowest BCUT2D eigenvalue weighted by molar-refractivity contribution is -0.132. The third-order valence-electron chi connectivity index (χ3n) is 6.61. The van der Waals surface area contributed by atoms with E-state index in [9.17, 15) is 14.7 Å². The second-order valence-electron chi connectivity index (χ2n) is 10.1. The van der Waals surface area contributed by atoms with Crippen LogP contribution < -0.4 is 14.4 Å². The van der Waals surface area contributed by atoms with Crippen LogP contribution in [0.1, 0.15) is 42.1 Å². The zero-order valence-electron chi connectivity index (χ0n) is 22.5. The summed E-state index contributed by atoms with van der Waals surface area (Å²) in [6.07, 6.45) is 0. The Morgan fingerprint density at radius 2 is 1.87 bits per heavy atom. The Labute approximate surface area is 231 Å². The van der Waals surface area contributed by atoms with Crippen LogP contribution in [0.15, 0.2) is 66.2 Å². The normalized spacial score (nSPS) is 16.9. The van der Waals surface area contributed by atoms with Crippen molar-refractivity contribution >= 4 is 44.1 Å². The third kappa shape index (κ3) is 5.00. The van der Waals surface area contributed by atoms with E-state index < -0.39 is 17.7 Å². The number of ether oxygens (including phenoxy) is 2. The van der Waals surface area contributed by atoms with Gasteiger partial charge < -0.3 is 14.6 Å². The molecule has 1 atom stereocenters. The van der Waals surface area contributed by atoms with Gasteiger partial charge in [0.2, 0.25) is 0 Å². The van der Waals surface area contributed by atoms with Crippen LogP contribution >= 0.6 is 11.3 Å². The molecular formula is C31H30N2O5S. The van der Waals surface area contributed by atoms with E-state index in [2.05, 4.69) is 18.8 Å². The number of benzene rings is 3. The van der Waals surface area contributed by atoms with Crippen molar-refractivity contribution < 1.29 is 24.2 Å². The number of aliphatic hydroxyl groups is 1. The number of carbonyl (C=O) groups is 2. The molecule has 7 nitrogen and oxygen atoms in total. The first kappa shape index (κ1) is 26.4. The topological polar surface area (TPSA) is 89.0 Å². The lowest BCUT2D eigenvalue weighted by atomic mass is 9.94. The Balaban J connectivity index is 1.65. The van der Waals surface area contributed by atoms with Crippen LogP contribution in [0.2, 0.25) is 0 Å². The SMILES string of the molecule is COc1ccc2nc(N3C(=O)C(=O)/C(=C(/O)c4ccc(OCC(C)C)c(C)c4)C3c3cccc(C)c3)sc2c1. The molecule has 1 saturated heterocycles. The summed E-state index contributed by atoms with van der Waals surface area (Å²) in [4.78, 5) is 33.2. The fraction of sp³-hybridized carbons (Fsp3) is 0.258. The average molecular weight is 543 g/mol. The molecule has 0 spiro atoms. The van der Waals surface area contributed by atoms with Crippen LogP contribution in [0, 0.1) is 19.8 Å². The van der Waals surface area contributed by atoms with Crippen LogP contribution in [0.3, 0.4) is 0 Å². The van der Waals surface area contributed by atoms with Crippen molar-refractivity contribution in [1.29, 1.82) is 0 Å². The summed E-state index contributed by atoms with van der Waals surface area (Å²) < 4.78 is 12.0.